The normalized spacial score (nSPS) is 19.9. The fourth-order valence-electron chi connectivity index (χ4n) is 4.22. The Hall–Kier alpha value is -2.91. The Labute approximate surface area is 199 Å². The molecular weight excluding hydrogens is 499 g/mol. The number of hydrogen-bond acceptors (Lipinski definition) is 8. The summed E-state index contributed by atoms with van der Waals surface area (Å²) in [6.45, 7) is 1.37. The zero-order chi connectivity index (χ0) is 26.4. The zero-order valence-corrected chi connectivity index (χ0v) is 19.5. The Morgan fingerprint density at radius 2 is 1.74 bits per heavy atom. The van der Waals surface area contributed by atoms with Crippen LogP contribution in [0.15, 0.2) is 30.3 Å². The van der Waals surface area contributed by atoms with Crippen molar-refractivity contribution in [2.75, 3.05) is 36.6 Å². The molecule has 196 valence electrons. The molecule has 1 unspecified atom stereocenters. The Morgan fingerprint density at radius 3 is 2.11 bits per heavy atom. The third-order valence-electron chi connectivity index (χ3n) is 5.86. The van der Waals surface area contributed by atoms with Crippen molar-refractivity contribution in [1.82, 2.24) is 10.4 Å². The third kappa shape index (κ3) is 6.82. The maximum Gasteiger partial charge on any atom is 0.490 e. The van der Waals surface area contributed by atoms with E-state index in [4.69, 9.17) is 14.6 Å². The molecule has 2 fully saturated rings. The molecule has 1 aromatic carbocycles. The molecule has 2 amide bonds. The van der Waals surface area contributed by atoms with Gasteiger partial charge >= 0.3 is 12.1 Å². The maximum atomic E-state index is 12.4. The number of benzene rings is 1. The lowest BCUT2D eigenvalue weighted by atomic mass is 9.91. The van der Waals surface area contributed by atoms with Crippen LogP contribution in [0.2, 0.25) is 0 Å². The number of carbonyl (C=O) groups excluding carboxylic acids is 2. The summed E-state index contributed by atoms with van der Waals surface area (Å²) in [6, 6.07) is 8.39. The highest BCUT2D eigenvalue weighted by atomic mass is 32.2. The van der Waals surface area contributed by atoms with Crippen LogP contribution in [0, 0.1) is 0 Å². The van der Waals surface area contributed by atoms with Gasteiger partial charge in [0.15, 0.2) is 9.84 Å². The van der Waals surface area contributed by atoms with Crippen LogP contribution in [-0.2, 0) is 29.0 Å². The minimum Gasteiger partial charge on any atom is -0.475 e. The molecule has 0 radical (unpaired) electrons. The lowest BCUT2D eigenvalue weighted by Crippen LogP contribution is -2.72. The van der Waals surface area contributed by atoms with Crippen molar-refractivity contribution < 1.29 is 51.0 Å². The predicted molar refractivity (Wildman–Crippen MR) is 115 cm³/mol. The first kappa shape index (κ1) is 28.3. The number of aliphatic carboxylic acids is 1. The highest BCUT2D eigenvalue weighted by Crippen LogP contribution is 2.35. The Bertz CT molecular complexity index is 987. The van der Waals surface area contributed by atoms with Crippen molar-refractivity contribution in [2.45, 2.75) is 36.7 Å². The van der Waals surface area contributed by atoms with Gasteiger partial charge in [-0.1, -0.05) is 18.2 Å². The fraction of sp³-hybridized carbons (Fsp3) is 0.550. The molecule has 15 heteroatoms. The zero-order valence-electron chi connectivity index (χ0n) is 18.6. The van der Waals surface area contributed by atoms with E-state index in [2.05, 4.69) is 4.90 Å². The van der Waals surface area contributed by atoms with Crippen LogP contribution in [-0.4, -0.2) is 97.5 Å². The molecule has 0 bridgehead atoms. The van der Waals surface area contributed by atoms with Crippen LogP contribution in [0.25, 0.3) is 0 Å². The number of carboxylic acid groups (broad SMARTS) is 1. The number of nitrogens with zero attached hydrogens (tertiary/aromatic N) is 2. The molecule has 2 aliphatic heterocycles. The summed E-state index contributed by atoms with van der Waals surface area (Å²) in [5.41, 5.74) is 1.29. The van der Waals surface area contributed by atoms with E-state index in [1.54, 1.807) is 5.48 Å². The topological polar surface area (TPSA) is 154 Å². The maximum absolute atomic E-state index is 12.4. The first-order chi connectivity index (χ1) is 16.3. The molecule has 1 atom stereocenters. The molecule has 0 aromatic heterocycles. The summed E-state index contributed by atoms with van der Waals surface area (Å²) in [6.07, 6.45) is -3.32. The molecular formula is C20H26F3N3O8S. The minimum absolute atomic E-state index is 0.268. The van der Waals surface area contributed by atoms with E-state index in [1.807, 2.05) is 30.3 Å². The number of amides is 2. The Morgan fingerprint density at radius 1 is 1.23 bits per heavy atom. The number of carbonyl (C=O) groups is 3. The minimum atomic E-state index is -5.08. The molecule has 1 aromatic rings. The summed E-state index contributed by atoms with van der Waals surface area (Å²) in [4.78, 5) is 36.7. The molecule has 0 spiro atoms. The summed E-state index contributed by atoms with van der Waals surface area (Å²) in [5.74, 6) is -4.36. The molecule has 3 rings (SSSR count). The SMILES string of the molecule is COC1(C(C(=O)NO)N(C=O)C2CCN(c3ccccc3)CC2)CS(=O)(=O)C1.O=C(O)C(F)(F)F. The van der Waals surface area contributed by atoms with Crippen LogP contribution in [0.4, 0.5) is 18.9 Å². The summed E-state index contributed by atoms with van der Waals surface area (Å²) >= 11 is 0. The molecule has 2 saturated heterocycles. The number of sulfone groups is 1. The number of rotatable bonds is 7. The number of methoxy groups -OCH3 is 1. The van der Waals surface area contributed by atoms with Crippen molar-refractivity contribution in [1.29, 1.82) is 0 Å². The number of ether oxygens (including phenoxy) is 1. The lowest BCUT2D eigenvalue weighted by molar-refractivity contribution is -0.192. The van der Waals surface area contributed by atoms with E-state index in [-0.39, 0.29) is 17.5 Å². The number of piperidine rings is 1. The van der Waals surface area contributed by atoms with E-state index in [0.29, 0.717) is 32.3 Å². The standard InChI is InChI=1S/C18H25N3O6S.C2HF3O2/c1-27-18(11-28(25,26)12-18)16(17(23)19-24)21(13-22)15-7-9-20(10-8-15)14-5-3-2-4-6-14;3-2(4,5)1(6)7/h2-6,13,15-16,24H,7-12H2,1H3,(H,19,23);(H,6,7). The van der Waals surface area contributed by atoms with Gasteiger partial charge in [0.25, 0.3) is 5.91 Å². The van der Waals surface area contributed by atoms with Gasteiger partial charge in [0, 0.05) is 31.9 Å². The number of hydrogen-bond donors (Lipinski definition) is 3. The van der Waals surface area contributed by atoms with Crippen molar-refractivity contribution >= 4 is 33.8 Å². The summed E-state index contributed by atoms with van der Waals surface area (Å²) in [7, 11) is -2.03. The predicted octanol–water partition coefficient (Wildman–Crippen LogP) is 0.435. The second-order valence-corrected chi connectivity index (χ2v) is 10.2. The fourth-order valence-corrected chi connectivity index (χ4v) is 6.17. The van der Waals surface area contributed by atoms with Crippen molar-refractivity contribution in [3.05, 3.63) is 30.3 Å². The van der Waals surface area contributed by atoms with E-state index in [9.17, 15) is 36.4 Å². The number of nitrogens with one attached hydrogen (secondary N) is 1. The van der Waals surface area contributed by atoms with Gasteiger partial charge in [-0.3, -0.25) is 14.8 Å². The lowest BCUT2D eigenvalue weighted by Gasteiger charge is -2.50. The van der Waals surface area contributed by atoms with Crippen LogP contribution in [0.5, 0.6) is 0 Å². The van der Waals surface area contributed by atoms with Gasteiger partial charge in [-0.2, -0.15) is 13.2 Å². The second-order valence-electron chi connectivity index (χ2n) is 8.09. The summed E-state index contributed by atoms with van der Waals surface area (Å²) in [5, 5.41) is 16.3. The van der Waals surface area contributed by atoms with Crippen LogP contribution < -0.4 is 10.4 Å². The van der Waals surface area contributed by atoms with E-state index >= 15 is 0 Å². The largest absolute Gasteiger partial charge is 0.490 e. The van der Waals surface area contributed by atoms with Crippen molar-refractivity contribution in [2.24, 2.45) is 0 Å². The first-order valence-corrected chi connectivity index (χ1v) is 12.1. The Kier molecular flexibility index (Phi) is 9.08. The number of carboxylic acids is 1. The number of halogens is 3. The smallest absolute Gasteiger partial charge is 0.475 e. The molecule has 11 nitrogen and oxygen atoms in total. The quantitative estimate of drug-likeness (QED) is 0.261. The first-order valence-electron chi connectivity index (χ1n) is 10.3. The van der Waals surface area contributed by atoms with Crippen LogP contribution in [0.3, 0.4) is 0 Å². The van der Waals surface area contributed by atoms with Gasteiger partial charge in [-0.15, -0.1) is 0 Å². The van der Waals surface area contributed by atoms with Crippen LogP contribution in [0.1, 0.15) is 12.8 Å². The average Bonchev–Trinajstić information content (AvgIpc) is 2.80. The van der Waals surface area contributed by atoms with Gasteiger partial charge < -0.3 is 19.6 Å². The number of anilines is 1. The van der Waals surface area contributed by atoms with Crippen LogP contribution >= 0.6 is 0 Å². The molecule has 0 aliphatic carbocycles. The third-order valence-corrected chi connectivity index (χ3v) is 7.72. The molecule has 3 N–H and O–H groups in total. The molecule has 0 saturated carbocycles. The Balaban J connectivity index is 0.000000540. The van der Waals surface area contributed by atoms with Gasteiger partial charge in [0.2, 0.25) is 6.41 Å². The van der Waals surface area contributed by atoms with Gasteiger partial charge in [-0.25, -0.2) is 18.7 Å². The molecule has 35 heavy (non-hydrogen) atoms. The second kappa shape index (κ2) is 11.2. The number of para-hydroxylation sites is 1. The van der Waals surface area contributed by atoms with Crippen molar-refractivity contribution in [3.63, 3.8) is 0 Å². The van der Waals surface area contributed by atoms with E-state index in [0.717, 1.165) is 5.69 Å². The number of alkyl halides is 3. The number of hydroxylamine groups is 1. The van der Waals surface area contributed by atoms with Gasteiger partial charge in [0.05, 0.1) is 11.5 Å². The highest BCUT2D eigenvalue weighted by molar-refractivity contribution is 7.93. The van der Waals surface area contributed by atoms with Crippen molar-refractivity contribution in [3.8, 4) is 0 Å². The highest BCUT2D eigenvalue weighted by Gasteiger charge is 2.59. The summed E-state index contributed by atoms with van der Waals surface area (Å²) < 4.78 is 60.7. The van der Waals surface area contributed by atoms with E-state index < -0.39 is 39.5 Å². The average molecular weight is 526 g/mol. The molecule has 2 aliphatic rings. The van der Waals surface area contributed by atoms with E-state index in [1.165, 1.54) is 12.0 Å². The monoisotopic (exact) mass is 525 g/mol. The molecule has 2 heterocycles. The van der Waals surface area contributed by atoms with Gasteiger partial charge in [0.1, 0.15) is 11.6 Å². The van der Waals surface area contributed by atoms with Gasteiger partial charge in [-0.05, 0) is 25.0 Å².